The fourth-order valence-electron chi connectivity index (χ4n) is 8.90. The van der Waals surface area contributed by atoms with Gasteiger partial charge < -0.3 is 99.8 Å². The lowest BCUT2D eigenvalue weighted by atomic mass is 9.89. The van der Waals surface area contributed by atoms with Gasteiger partial charge in [0.05, 0.1) is 49.7 Å². The van der Waals surface area contributed by atoms with Crippen LogP contribution in [0.4, 0.5) is 4.79 Å². The third kappa shape index (κ3) is 10.6. The van der Waals surface area contributed by atoms with E-state index in [9.17, 15) is 60.3 Å². The Morgan fingerprint density at radius 1 is 0.790 bits per heavy atom. The van der Waals surface area contributed by atoms with Gasteiger partial charge in [0.25, 0.3) is 0 Å². The molecule has 23 nitrogen and oxygen atoms in total. The molecule has 4 unspecified atom stereocenters. The van der Waals surface area contributed by atoms with E-state index in [0.717, 1.165) is 12.2 Å². The number of amides is 3. The summed E-state index contributed by atoms with van der Waals surface area (Å²) in [5.41, 5.74) is 0. The van der Waals surface area contributed by atoms with Crippen LogP contribution in [0.2, 0.25) is 0 Å². The van der Waals surface area contributed by atoms with Gasteiger partial charge in [-0.15, -0.1) is 0 Å². The van der Waals surface area contributed by atoms with Crippen molar-refractivity contribution in [2.75, 3.05) is 19.0 Å². The Labute approximate surface area is 362 Å². The Hall–Kier alpha value is -2.08. The number of aliphatic hydroxyl groups is 9. The predicted molar refractivity (Wildman–Crippen MR) is 208 cm³/mol. The van der Waals surface area contributed by atoms with Gasteiger partial charge in [-0.05, 0) is 33.6 Å². The van der Waals surface area contributed by atoms with Crippen molar-refractivity contribution in [1.82, 2.24) is 16.0 Å². The number of thioether (sulfide) groups is 1. The summed E-state index contributed by atoms with van der Waals surface area (Å²) in [4.78, 5) is 37.5. The lowest BCUT2D eigenvalue weighted by Gasteiger charge is -2.51. The van der Waals surface area contributed by atoms with Gasteiger partial charge in [-0.25, -0.2) is 4.79 Å². The van der Waals surface area contributed by atoms with Gasteiger partial charge in [0, 0.05) is 37.2 Å². The molecule has 6 aliphatic rings. The summed E-state index contributed by atoms with van der Waals surface area (Å²) in [5, 5.41) is 105. The number of carbonyl (C=O) groups excluding carboxylic acids is 3. The Bertz CT molecular complexity index is 1540. The summed E-state index contributed by atoms with van der Waals surface area (Å²) in [6.45, 7) is 5.82. The van der Waals surface area contributed by atoms with Crippen LogP contribution in [0, 0.1) is 5.92 Å². The first-order valence-corrected chi connectivity index (χ1v) is 22.1. The standard InChI is InChI=1S/C38H63N3O20S/c1-13-17(11-54-36-32(28(50)26(48)19(10-42)57-36)59-35-30(52)27(49)23(45)14(2)56-35)25(47)29(51)34(55-13)58-31-24(46)15(3)60-38(5,33(31)39-16(4)43)61-21(44)9-7-6-8-20-22-18(12-62-20)40-37(53)41-22/h13-15,17-20,22-36,42,45-52H,6-12H2,1-5H3,(H,39,43)(H2,40,41,53)/t13-,14-,15-,17-,18+,19-,20?,22+,23-,24-,25-,26-,27-,28+,29+,30+,31+,32+,33-,34?,35?,36?,38+/m1/s1. The van der Waals surface area contributed by atoms with E-state index >= 15 is 0 Å². The maximum atomic E-state index is 13.3. The van der Waals surface area contributed by atoms with Crippen LogP contribution in [0.3, 0.4) is 0 Å². The van der Waals surface area contributed by atoms with E-state index in [-0.39, 0.29) is 29.8 Å². The minimum Gasteiger partial charge on any atom is -0.431 e. The van der Waals surface area contributed by atoms with Crippen LogP contribution in [0.1, 0.15) is 60.3 Å². The molecular formula is C38H63N3O20S. The third-order valence-electron chi connectivity index (χ3n) is 12.6. The number of hydrogen-bond acceptors (Lipinski definition) is 21. The second-order valence-corrected chi connectivity index (χ2v) is 18.4. The van der Waals surface area contributed by atoms with Crippen LogP contribution < -0.4 is 16.0 Å². The molecule has 0 saturated carbocycles. The summed E-state index contributed by atoms with van der Waals surface area (Å²) >= 11 is 1.76. The SMILES string of the molecule is CC(=O)N[C@@H]1[C@@H](OC2O[C@H](C)[C@@H](COC3O[C@H](CO)[C@@H](O)[C@H](O)[C@@H]3OC3O[C@H](C)[C@@H](O)[C@@H](O)[C@@H]3O)[C@@H](O)[C@@H]2O)[C@H](O)[C@@H](C)O[C@@]1(C)OC(=O)CCCCC1SC[C@@H]2NC(=O)N[C@H]12. The first-order chi connectivity index (χ1) is 29.2. The molecule has 6 rings (SSSR count). The van der Waals surface area contributed by atoms with Crippen LogP contribution in [0.15, 0.2) is 0 Å². The second-order valence-electron chi connectivity index (χ2n) is 17.1. The lowest BCUT2D eigenvalue weighted by molar-refractivity contribution is -0.371. The first-order valence-electron chi connectivity index (χ1n) is 21.0. The van der Waals surface area contributed by atoms with Crippen molar-refractivity contribution in [2.24, 2.45) is 5.92 Å². The maximum absolute atomic E-state index is 13.3. The highest BCUT2D eigenvalue weighted by Gasteiger charge is 2.57. The molecule has 12 N–H and O–H groups in total. The van der Waals surface area contributed by atoms with Crippen molar-refractivity contribution >= 4 is 29.7 Å². The number of unbranched alkanes of at least 4 members (excludes halogenated alkanes) is 1. The average molecular weight is 914 g/mol. The van der Waals surface area contributed by atoms with E-state index in [0.29, 0.717) is 12.8 Å². The Kier molecular flexibility index (Phi) is 16.4. The quantitative estimate of drug-likeness (QED) is 0.0418. The van der Waals surface area contributed by atoms with E-state index in [1.54, 1.807) is 11.8 Å². The predicted octanol–water partition coefficient (Wildman–Crippen LogP) is -4.61. The highest BCUT2D eigenvalue weighted by Crippen LogP contribution is 2.38. The second kappa shape index (κ2) is 20.6. The fourth-order valence-corrected chi connectivity index (χ4v) is 10.4. The molecule has 0 spiro atoms. The van der Waals surface area contributed by atoms with E-state index in [2.05, 4.69) is 16.0 Å². The van der Waals surface area contributed by atoms with E-state index in [1.807, 2.05) is 0 Å². The molecule has 0 aromatic carbocycles. The van der Waals surface area contributed by atoms with Gasteiger partial charge in [0.15, 0.2) is 18.9 Å². The van der Waals surface area contributed by atoms with Gasteiger partial charge in [-0.3, -0.25) is 9.59 Å². The summed E-state index contributed by atoms with van der Waals surface area (Å²) in [5.74, 6) is -3.35. The van der Waals surface area contributed by atoms with Crippen molar-refractivity contribution in [3.05, 3.63) is 0 Å². The number of ether oxygens (including phenoxy) is 8. The molecule has 0 radical (unpaired) electrons. The zero-order valence-corrected chi connectivity index (χ0v) is 35.9. The number of aliphatic hydroxyl groups excluding tert-OH is 9. The molecule has 0 bridgehead atoms. The monoisotopic (exact) mass is 913 g/mol. The first kappa shape index (κ1) is 49.4. The molecule has 62 heavy (non-hydrogen) atoms. The van der Waals surface area contributed by atoms with Gasteiger partial charge in [0.1, 0.15) is 67.1 Å². The molecule has 6 heterocycles. The number of rotatable bonds is 15. The normalized spacial score (nSPS) is 48.2. The lowest BCUT2D eigenvalue weighted by Crippen LogP contribution is -2.71. The zero-order valence-electron chi connectivity index (χ0n) is 35.1. The van der Waals surface area contributed by atoms with Crippen LogP contribution in [-0.2, 0) is 47.5 Å². The molecule has 356 valence electrons. The Morgan fingerprint density at radius 3 is 2.13 bits per heavy atom. The van der Waals surface area contributed by atoms with Crippen LogP contribution in [0.5, 0.6) is 0 Å². The molecule has 0 aromatic rings. The minimum absolute atomic E-state index is 0.00362. The van der Waals surface area contributed by atoms with Crippen molar-refractivity contribution in [1.29, 1.82) is 0 Å². The topological polar surface area (TPSA) is 343 Å². The summed E-state index contributed by atoms with van der Waals surface area (Å²) < 4.78 is 46.8. The smallest absolute Gasteiger partial charge is 0.315 e. The number of hydrogen-bond donors (Lipinski definition) is 12. The molecule has 3 amide bonds. The number of carbonyl (C=O) groups is 3. The molecule has 24 heteroatoms. The summed E-state index contributed by atoms with van der Waals surface area (Å²) in [6.07, 6.45) is -23.8. The molecule has 23 atom stereocenters. The van der Waals surface area contributed by atoms with Crippen molar-refractivity contribution in [3.63, 3.8) is 0 Å². The van der Waals surface area contributed by atoms with Crippen molar-refractivity contribution in [3.8, 4) is 0 Å². The zero-order chi connectivity index (χ0) is 45.4. The molecule has 0 aliphatic carbocycles. The van der Waals surface area contributed by atoms with E-state index in [1.165, 1.54) is 34.6 Å². The van der Waals surface area contributed by atoms with E-state index < -0.39 is 147 Å². The highest BCUT2D eigenvalue weighted by molar-refractivity contribution is 8.00. The number of urea groups is 1. The minimum atomic E-state index is -1.88. The van der Waals surface area contributed by atoms with Crippen molar-refractivity contribution < 1.29 is 98.2 Å². The number of fused-ring (bicyclic) bond motifs is 1. The van der Waals surface area contributed by atoms with Crippen LogP contribution in [0.25, 0.3) is 0 Å². The van der Waals surface area contributed by atoms with Gasteiger partial charge in [-0.1, -0.05) is 6.42 Å². The van der Waals surface area contributed by atoms with Gasteiger partial charge in [-0.2, -0.15) is 11.8 Å². The maximum Gasteiger partial charge on any atom is 0.315 e. The molecule has 0 aromatic heterocycles. The van der Waals surface area contributed by atoms with Gasteiger partial charge in [0.2, 0.25) is 11.7 Å². The van der Waals surface area contributed by atoms with Crippen molar-refractivity contribution in [2.45, 2.75) is 194 Å². The number of nitrogens with one attached hydrogen (secondary N) is 3. The fraction of sp³-hybridized carbons (Fsp3) is 0.921. The Morgan fingerprint density at radius 2 is 1.45 bits per heavy atom. The van der Waals surface area contributed by atoms with E-state index in [4.69, 9.17) is 37.9 Å². The van der Waals surface area contributed by atoms with Gasteiger partial charge >= 0.3 is 12.0 Å². The highest BCUT2D eigenvalue weighted by atomic mass is 32.2. The third-order valence-corrected chi connectivity index (χ3v) is 14.1. The molecule has 6 fully saturated rings. The molecule has 6 saturated heterocycles. The largest absolute Gasteiger partial charge is 0.431 e. The van der Waals surface area contributed by atoms with Crippen LogP contribution >= 0.6 is 11.8 Å². The average Bonchev–Trinajstić information content (AvgIpc) is 3.77. The summed E-state index contributed by atoms with van der Waals surface area (Å²) in [7, 11) is 0. The van der Waals surface area contributed by atoms with Crippen LogP contribution in [-0.4, -0.2) is 216 Å². The molecule has 6 aliphatic heterocycles. The Balaban J connectivity index is 1.08. The summed E-state index contributed by atoms with van der Waals surface area (Å²) in [6, 6.07) is -1.42. The molecular weight excluding hydrogens is 850 g/mol. The number of esters is 1.